The van der Waals surface area contributed by atoms with Gasteiger partial charge in [-0.3, -0.25) is 9.79 Å². The summed E-state index contributed by atoms with van der Waals surface area (Å²) in [5, 5.41) is 3.03. The fourth-order valence-corrected chi connectivity index (χ4v) is 1.86. The molecule has 5 nitrogen and oxygen atoms in total. The van der Waals surface area contributed by atoms with Gasteiger partial charge in [-0.2, -0.15) is 0 Å². The number of hydrogen-bond acceptors (Lipinski definition) is 3. The van der Waals surface area contributed by atoms with Crippen LogP contribution in [0, 0.1) is 0 Å². The molecule has 0 amide bonds. The molecule has 1 rings (SSSR count). The van der Waals surface area contributed by atoms with Crippen molar-refractivity contribution in [2.24, 2.45) is 10.7 Å². The molecule has 0 heterocycles. The van der Waals surface area contributed by atoms with E-state index in [0.717, 1.165) is 24.9 Å². The number of anilines is 1. The predicted octanol–water partition coefficient (Wildman–Crippen LogP) is 3.93. The average molecular weight is 433 g/mol. The maximum Gasteiger partial charge on any atom is 0.306 e. The minimum Gasteiger partial charge on any atom is -0.460 e. The van der Waals surface area contributed by atoms with Crippen molar-refractivity contribution < 1.29 is 9.53 Å². The Hall–Kier alpha value is -1.31. The van der Waals surface area contributed by atoms with E-state index in [9.17, 15) is 4.79 Å². The van der Waals surface area contributed by atoms with E-state index in [4.69, 9.17) is 10.5 Å². The summed E-state index contributed by atoms with van der Waals surface area (Å²) in [5.74, 6) is 0.277. The SMILES string of the molecule is CC(C)(C)OC(=O)CCCCCN=C(N)Nc1ccccc1.I. The summed E-state index contributed by atoms with van der Waals surface area (Å²) < 4.78 is 5.25. The van der Waals surface area contributed by atoms with Gasteiger partial charge in [0.15, 0.2) is 5.96 Å². The molecule has 0 bridgehead atoms. The minimum absolute atomic E-state index is 0. The lowest BCUT2D eigenvalue weighted by Gasteiger charge is -2.19. The van der Waals surface area contributed by atoms with E-state index in [1.165, 1.54) is 0 Å². The van der Waals surface area contributed by atoms with E-state index >= 15 is 0 Å². The molecule has 0 fully saturated rings. The fourth-order valence-electron chi connectivity index (χ4n) is 1.86. The van der Waals surface area contributed by atoms with Gasteiger partial charge in [0.1, 0.15) is 5.60 Å². The molecule has 6 heteroatoms. The zero-order chi connectivity index (χ0) is 16.4. The van der Waals surface area contributed by atoms with Crippen LogP contribution in [0.1, 0.15) is 46.5 Å². The second-order valence-electron chi connectivity index (χ2n) is 6.16. The molecule has 0 radical (unpaired) electrons. The van der Waals surface area contributed by atoms with Crippen molar-refractivity contribution in [2.45, 2.75) is 52.1 Å². The van der Waals surface area contributed by atoms with Crippen LogP contribution >= 0.6 is 24.0 Å². The summed E-state index contributed by atoms with van der Waals surface area (Å²) >= 11 is 0. The van der Waals surface area contributed by atoms with Gasteiger partial charge in [0, 0.05) is 18.7 Å². The molecule has 1 aromatic rings. The number of aliphatic imine (C=N–C) groups is 1. The molecule has 0 atom stereocenters. The van der Waals surface area contributed by atoms with Crippen molar-refractivity contribution in [3.05, 3.63) is 30.3 Å². The second-order valence-corrected chi connectivity index (χ2v) is 6.16. The van der Waals surface area contributed by atoms with Crippen molar-refractivity contribution in [3.63, 3.8) is 0 Å². The first-order chi connectivity index (χ1) is 10.4. The highest BCUT2D eigenvalue weighted by Gasteiger charge is 2.15. The molecule has 3 N–H and O–H groups in total. The fraction of sp³-hybridized carbons (Fsp3) is 0.529. The van der Waals surface area contributed by atoms with E-state index in [0.29, 0.717) is 18.9 Å². The number of nitrogens with two attached hydrogens (primary N) is 1. The maximum absolute atomic E-state index is 11.5. The zero-order valence-corrected chi connectivity index (χ0v) is 16.5. The number of rotatable bonds is 7. The Balaban J connectivity index is 0.00000484. The molecule has 0 saturated heterocycles. The third kappa shape index (κ3) is 11.9. The molecule has 0 aromatic heterocycles. The van der Waals surface area contributed by atoms with Gasteiger partial charge in [-0.25, -0.2) is 0 Å². The molecule has 0 aliphatic heterocycles. The first-order valence-corrected chi connectivity index (χ1v) is 7.71. The highest BCUT2D eigenvalue weighted by Crippen LogP contribution is 2.10. The quantitative estimate of drug-likeness (QED) is 0.225. The molecule has 0 aliphatic rings. The van der Waals surface area contributed by atoms with Crippen molar-refractivity contribution in [2.75, 3.05) is 11.9 Å². The lowest BCUT2D eigenvalue weighted by molar-refractivity contribution is -0.154. The highest BCUT2D eigenvalue weighted by atomic mass is 127. The first kappa shape index (κ1) is 21.7. The number of halogens is 1. The van der Waals surface area contributed by atoms with Gasteiger partial charge in [0.05, 0.1) is 0 Å². The molecule has 1 aromatic carbocycles. The predicted molar refractivity (Wildman–Crippen MR) is 106 cm³/mol. The number of esters is 1. The zero-order valence-electron chi connectivity index (χ0n) is 14.2. The number of nitrogens with zero attached hydrogens (tertiary/aromatic N) is 1. The van der Waals surface area contributed by atoms with Gasteiger partial charge >= 0.3 is 5.97 Å². The largest absolute Gasteiger partial charge is 0.460 e. The van der Waals surface area contributed by atoms with E-state index in [1.807, 2.05) is 51.1 Å². The highest BCUT2D eigenvalue weighted by molar-refractivity contribution is 14.0. The molecule has 0 saturated carbocycles. The van der Waals surface area contributed by atoms with E-state index in [-0.39, 0.29) is 29.9 Å². The third-order valence-electron chi connectivity index (χ3n) is 2.79. The summed E-state index contributed by atoms with van der Waals surface area (Å²) in [6.45, 7) is 6.28. The third-order valence-corrected chi connectivity index (χ3v) is 2.79. The Kier molecular flexibility index (Phi) is 10.6. The number of ether oxygens (including phenoxy) is 1. The molecular weight excluding hydrogens is 405 g/mol. The summed E-state index contributed by atoms with van der Waals surface area (Å²) in [6, 6.07) is 9.69. The average Bonchev–Trinajstić information content (AvgIpc) is 2.42. The minimum atomic E-state index is -0.404. The van der Waals surface area contributed by atoms with Crippen LogP contribution < -0.4 is 11.1 Å². The summed E-state index contributed by atoms with van der Waals surface area (Å²) in [5.41, 5.74) is 6.32. The van der Waals surface area contributed by atoms with Crippen LogP contribution in [-0.2, 0) is 9.53 Å². The second kappa shape index (κ2) is 11.3. The van der Waals surface area contributed by atoms with Crippen LogP contribution in [0.25, 0.3) is 0 Å². The molecule has 0 unspecified atom stereocenters. The Labute approximate surface area is 156 Å². The van der Waals surface area contributed by atoms with Crippen LogP contribution in [-0.4, -0.2) is 24.1 Å². The number of carbonyl (C=O) groups is 1. The monoisotopic (exact) mass is 433 g/mol. The van der Waals surface area contributed by atoms with Gasteiger partial charge in [-0.1, -0.05) is 24.6 Å². The van der Waals surface area contributed by atoms with Crippen molar-refractivity contribution >= 4 is 41.6 Å². The Morgan fingerprint density at radius 1 is 1.17 bits per heavy atom. The van der Waals surface area contributed by atoms with Crippen LogP contribution in [0.3, 0.4) is 0 Å². The Morgan fingerprint density at radius 2 is 1.83 bits per heavy atom. The van der Waals surface area contributed by atoms with Crippen LogP contribution in [0.15, 0.2) is 35.3 Å². The lowest BCUT2D eigenvalue weighted by Crippen LogP contribution is -2.23. The number of carbonyl (C=O) groups excluding carboxylic acids is 1. The number of unbranched alkanes of at least 4 members (excludes halogenated alkanes) is 2. The Morgan fingerprint density at radius 3 is 2.43 bits per heavy atom. The van der Waals surface area contributed by atoms with E-state index in [1.54, 1.807) is 0 Å². The van der Waals surface area contributed by atoms with Crippen molar-refractivity contribution in [1.82, 2.24) is 0 Å². The Bertz CT molecular complexity index is 484. The van der Waals surface area contributed by atoms with Crippen molar-refractivity contribution in [1.29, 1.82) is 0 Å². The summed E-state index contributed by atoms with van der Waals surface area (Å²) in [7, 11) is 0. The molecule has 23 heavy (non-hydrogen) atoms. The molecule has 0 aliphatic carbocycles. The molecule has 0 spiro atoms. The van der Waals surface area contributed by atoms with Gasteiger partial charge in [-0.05, 0) is 45.7 Å². The normalized spacial score (nSPS) is 11.5. The van der Waals surface area contributed by atoms with E-state index < -0.39 is 5.60 Å². The summed E-state index contributed by atoms with van der Waals surface area (Å²) in [6.07, 6.45) is 3.11. The van der Waals surface area contributed by atoms with Gasteiger partial charge in [-0.15, -0.1) is 24.0 Å². The van der Waals surface area contributed by atoms with Crippen LogP contribution in [0.2, 0.25) is 0 Å². The molecule has 130 valence electrons. The van der Waals surface area contributed by atoms with Gasteiger partial charge in [0.2, 0.25) is 0 Å². The topological polar surface area (TPSA) is 76.7 Å². The summed E-state index contributed by atoms with van der Waals surface area (Å²) in [4.78, 5) is 15.8. The van der Waals surface area contributed by atoms with E-state index in [2.05, 4.69) is 10.3 Å². The van der Waals surface area contributed by atoms with Crippen molar-refractivity contribution in [3.8, 4) is 0 Å². The standard InChI is InChI=1S/C17H27N3O2.HI/c1-17(2,3)22-15(21)12-8-5-9-13-19-16(18)20-14-10-6-4-7-11-14;/h4,6-7,10-11H,5,8-9,12-13H2,1-3H3,(H3,18,19,20);1H. The number of guanidine groups is 1. The number of benzene rings is 1. The molecular formula is C17H28IN3O2. The van der Waals surface area contributed by atoms with Gasteiger partial charge < -0.3 is 15.8 Å². The lowest BCUT2D eigenvalue weighted by atomic mass is 10.1. The van der Waals surface area contributed by atoms with Crippen LogP contribution in [0.5, 0.6) is 0 Å². The number of nitrogens with one attached hydrogen (secondary N) is 1. The number of hydrogen-bond donors (Lipinski definition) is 2. The van der Waals surface area contributed by atoms with Gasteiger partial charge in [0.25, 0.3) is 0 Å². The first-order valence-electron chi connectivity index (χ1n) is 7.71. The maximum atomic E-state index is 11.5. The van der Waals surface area contributed by atoms with Crippen LogP contribution in [0.4, 0.5) is 5.69 Å². The number of para-hydroxylation sites is 1. The smallest absolute Gasteiger partial charge is 0.306 e.